The zero-order valence-corrected chi connectivity index (χ0v) is 16.5. The van der Waals surface area contributed by atoms with Crippen LogP contribution in [0.1, 0.15) is 43.6 Å². The van der Waals surface area contributed by atoms with Crippen LogP contribution in [-0.2, 0) is 11.3 Å². The molecule has 1 N–H and O–H groups in total. The monoisotopic (exact) mass is 373 g/mol. The molecule has 0 aliphatic heterocycles. The predicted octanol–water partition coefficient (Wildman–Crippen LogP) is 2.71. The highest BCUT2D eigenvalue weighted by atomic mass is 32.2. The number of hydrogen-bond donors (Lipinski definition) is 1. The Morgan fingerprint density at radius 3 is 2.65 bits per heavy atom. The number of benzene rings is 1. The van der Waals surface area contributed by atoms with Crippen LogP contribution in [0.5, 0.6) is 0 Å². The van der Waals surface area contributed by atoms with Crippen molar-refractivity contribution in [3.63, 3.8) is 0 Å². The van der Waals surface area contributed by atoms with Gasteiger partial charge in [-0.15, -0.1) is 10.2 Å². The van der Waals surface area contributed by atoms with Gasteiger partial charge < -0.3 is 9.88 Å². The molecule has 1 aromatic heterocycles. The van der Waals surface area contributed by atoms with Crippen molar-refractivity contribution >= 4 is 17.7 Å². The van der Waals surface area contributed by atoms with Gasteiger partial charge in [-0.3, -0.25) is 9.69 Å². The third-order valence-electron chi connectivity index (χ3n) is 4.51. The van der Waals surface area contributed by atoms with Crippen molar-refractivity contribution in [3.05, 3.63) is 41.7 Å². The molecule has 140 valence electrons. The van der Waals surface area contributed by atoms with Gasteiger partial charge in [-0.2, -0.15) is 0 Å². The van der Waals surface area contributed by atoms with Crippen molar-refractivity contribution in [1.82, 2.24) is 25.0 Å². The highest BCUT2D eigenvalue weighted by Crippen LogP contribution is 2.26. The van der Waals surface area contributed by atoms with Gasteiger partial charge in [0.2, 0.25) is 5.91 Å². The summed E-state index contributed by atoms with van der Waals surface area (Å²) in [6, 6.07) is 10.9. The molecule has 1 heterocycles. The number of amides is 1. The lowest BCUT2D eigenvalue weighted by molar-refractivity contribution is -0.118. The molecule has 26 heavy (non-hydrogen) atoms. The lowest BCUT2D eigenvalue weighted by Gasteiger charge is -2.23. The number of nitrogens with zero attached hydrogens (tertiary/aromatic N) is 4. The zero-order chi connectivity index (χ0) is 18.5. The topological polar surface area (TPSA) is 63.1 Å². The lowest BCUT2D eigenvalue weighted by Crippen LogP contribution is -2.27. The Bertz CT molecular complexity index is 727. The number of carbonyl (C=O) groups excluding carboxylic acids is 1. The van der Waals surface area contributed by atoms with Crippen LogP contribution in [0.4, 0.5) is 0 Å². The quantitative estimate of drug-likeness (QED) is 0.685. The van der Waals surface area contributed by atoms with Crippen LogP contribution in [0.25, 0.3) is 0 Å². The van der Waals surface area contributed by atoms with E-state index < -0.39 is 0 Å². The molecule has 0 bridgehead atoms. The Hall–Kier alpha value is -1.86. The van der Waals surface area contributed by atoms with Crippen LogP contribution in [0.3, 0.4) is 0 Å². The first-order chi connectivity index (χ1) is 12.6. The summed E-state index contributed by atoms with van der Waals surface area (Å²) in [7, 11) is 4.12. The minimum atomic E-state index is 0.0768. The van der Waals surface area contributed by atoms with Crippen molar-refractivity contribution in [1.29, 1.82) is 0 Å². The van der Waals surface area contributed by atoms with Crippen molar-refractivity contribution in [2.45, 2.75) is 50.0 Å². The molecule has 0 radical (unpaired) electrons. The van der Waals surface area contributed by atoms with Gasteiger partial charge in [-0.05, 0) is 38.9 Å². The predicted molar refractivity (Wildman–Crippen MR) is 104 cm³/mol. The van der Waals surface area contributed by atoms with Gasteiger partial charge in [-0.25, -0.2) is 0 Å². The van der Waals surface area contributed by atoms with Crippen molar-refractivity contribution in [2.75, 3.05) is 19.8 Å². The Morgan fingerprint density at radius 2 is 2.04 bits per heavy atom. The molecule has 7 heteroatoms. The maximum Gasteiger partial charge on any atom is 0.230 e. The molecule has 1 saturated carbocycles. The molecule has 1 atom stereocenters. The molecule has 2 aromatic rings. The van der Waals surface area contributed by atoms with Gasteiger partial charge in [0.1, 0.15) is 0 Å². The van der Waals surface area contributed by atoms with Gasteiger partial charge in [0.05, 0.1) is 18.3 Å². The smallest absolute Gasteiger partial charge is 0.230 e. The first-order valence-corrected chi connectivity index (χ1v) is 10.1. The Balaban J connectivity index is 1.80. The molecule has 1 fully saturated rings. The maximum atomic E-state index is 12.0. The van der Waals surface area contributed by atoms with Crippen molar-refractivity contribution in [3.8, 4) is 0 Å². The second kappa shape index (κ2) is 8.68. The fraction of sp³-hybridized carbons (Fsp3) is 0.526. The van der Waals surface area contributed by atoms with E-state index in [9.17, 15) is 4.79 Å². The van der Waals surface area contributed by atoms with E-state index in [4.69, 9.17) is 0 Å². The van der Waals surface area contributed by atoms with E-state index in [2.05, 4.69) is 58.1 Å². The Kier molecular flexibility index (Phi) is 6.32. The van der Waals surface area contributed by atoms with Crippen LogP contribution in [0.15, 0.2) is 35.5 Å². The van der Waals surface area contributed by atoms with Crippen LogP contribution in [0.2, 0.25) is 0 Å². The van der Waals surface area contributed by atoms with Crippen LogP contribution in [-0.4, -0.2) is 51.5 Å². The summed E-state index contributed by atoms with van der Waals surface area (Å²) in [4.78, 5) is 14.2. The number of rotatable bonds is 9. The number of aromatic nitrogens is 3. The second-order valence-electron chi connectivity index (χ2n) is 6.93. The van der Waals surface area contributed by atoms with Crippen LogP contribution < -0.4 is 5.32 Å². The Labute approximate surface area is 159 Å². The molecule has 0 unspecified atom stereocenters. The minimum Gasteiger partial charge on any atom is -0.353 e. The SMILES string of the molecule is CC[C@H](c1nnc(SCC(=O)NC2CC2)n1Cc1ccccc1)N(C)C. The van der Waals surface area contributed by atoms with Gasteiger partial charge in [0.25, 0.3) is 0 Å². The van der Waals surface area contributed by atoms with Crippen molar-refractivity contribution in [2.24, 2.45) is 0 Å². The number of carbonyl (C=O) groups is 1. The summed E-state index contributed by atoms with van der Waals surface area (Å²) in [5.41, 5.74) is 1.20. The Morgan fingerprint density at radius 1 is 1.31 bits per heavy atom. The van der Waals surface area contributed by atoms with E-state index in [0.29, 0.717) is 18.3 Å². The molecule has 1 amide bonds. The van der Waals surface area contributed by atoms with Gasteiger partial charge in [0, 0.05) is 6.04 Å². The lowest BCUT2D eigenvalue weighted by atomic mass is 10.2. The van der Waals surface area contributed by atoms with Gasteiger partial charge in [0.15, 0.2) is 11.0 Å². The third kappa shape index (κ3) is 4.86. The fourth-order valence-corrected chi connectivity index (χ4v) is 3.73. The summed E-state index contributed by atoms with van der Waals surface area (Å²) in [5.74, 6) is 1.40. The number of hydrogen-bond acceptors (Lipinski definition) is 5. The largest absolute Gasteiger partial charge is 0.353 e. The molecule has 0 spiro atoms. The van der Waals surface area contributed by atoms with E-state index in [0.717, 1.165) is 30.2 Å². The molecule has 1 aliphatic rings. The number of nitrogens with one attached hydrogen (secondary N) is 1. The van der Waals surface area contributed by atoms with E-state index in [1.165, 1.54) is 17.3 Å². The van der Waals surface area contributed by atoms with Crippen LogP contribution >= 0.6 is 11.8 Å². The minimum absolute atomic E-state index is 0.0768. The summed E-state index contributed by atoms with van der Waals surface area (Å²) >= 11 is 1.46. The van der Waals surface area contributed by atoms with Gasteiger partial charge >= 0.3 is 0 Å². The van der Waals surface area contributed by atoms with Crippen LogP contribution in [0, 0.1) is 0 Å². The molecule has 0 saturated heterocycles. The van der Waals surface area contributed by atoms with Gasteiger partial charge in [-0.1, -0.05) is 49.0 Å². The van der Waals surface area contributed by atoms with E-state index in [-0.39, 0.29) is 11.9 Å². The summed E-state index contributed by atoms with van der Waals surface area (Å²) in [5, 5.41) is 12.7. The molecular weight excluding hydrogens is 346 g/mol. The molecule has 3 rings (SSSR count). The standard InChI is InChI=1S/C19H27N5OS/c1-4-16(23(2)3)18-21-22-19(26-13-17(25)20-15-10-11-15)24(18)12-14-8-6-5-7-9-14/h5-9,15-16H,4,10-13H2,1-3H3,(H,20,25)/t16-/m1/s1. The summed E-state index contributed by atoms with van der Waals surface area (Å²) < 4.78 is 2.15. The van der Waals surface area contributed by atoms with Crippen molar-refractivity contribution < 1.29 is 4.79 Å². The average molecular weight is 374 g/mol. The average Bonchev–Trinajstić information content (AvgIpc) is 3.36. The zero-order valence-electron chi connectivity index (χ0n) is 15.7. The normalized spacial score (nSPS) is 15.2. The number of thioether (sulfide) groups is 1. The summed E-state index contributed by atoms with van der Waals surface area (Å²) in [6.07, 6.45) is 3.16. The highest BCUT2D eigenvalue weighted by Gasteiger charge is 2.25. The highest BCUT2D eigenvalue weighted by molar-refractivity contribution is 7.99. The first-order valence-electron chi connectivity index (χ1n) is 9.14. The second-order valence-corrected chi connectivity index (χ2v) is 7.87. The maximum absolute atomic E-state index is 12.0. The summed E-state index contributed by atoms with van der Waals surface area (Å²) in [6.45, 7) is 2.86. The van der Waals surface area contributed by atoms with E-state index >= 15 is 0 Å². The molecular formula is C19H27N5OS. The first kappa shape index (κ1) is 18.9. The van der Waals surface area contributed by atoms with E-state index in [1.807, 2.05) is 18.2 Å². The fourth-order valence-electron chi connectivity index (χ4n) is 2.97. The third-order valence-corrected chi connectivity index (χ3v) is 5.48. The molecule has 6 nitrogen and oxygen atoms in total. The van der Waals surface area contributed by atoms with E-state index in [1.54, 1.807) is 0 Å². The molecule has 1 aliphatic carbocycles. The molecule has 1 aromatic carbocycles.